The SMILES string of the molecule is CCCCOC(=O)N[C@@H](CC1CC1)C(=O)N(C)[C@@H](CC(C)C)C(=O)OC. The fraction of sp³-hybridized carbons (Fsp3) is 0.842. The molecule has 7 nitrogen and oxygen atoms in total. The van der Waals surface area contributed by atoms with E-state index in [1.54, 1.807) is 7.05 Å². The number of rotatable bonds is 11. The Bertz CT molecular complexity index is 477. The topological polar surface area (TPSA) is 84.9 Å². The Kier molecular flexibility index (Phi) is 9.44. The van der Waals surface area contributed by atoms with Crippen molar-refractivity contribution in [1.29, 1.82) is 0 Å². The minimum Gasteiger partial charge on any atom is -0.467 e. The van der Waals surface area contributed by atoms with Crippen molar-refractivity contribution in [3.8, 4) is 0 Å². The number of unbranched alkanes of at least 4 members (excludes halogenated alkanes) is 1. The molecule has 0 heterocycles. The van der Waals surface area contributed by atoms with Crippen molar-refractivity contribution >= 4 is 18.0 Å². The van der Waals surface area contributed by atoms with E-state index >= 15 is 0 Å². The maximum absolute atomic E-state index is 13.0. The van der Waals surface area contributed by atoms with Gasteiger partial charge in [0, 0.05) is 7.05 Å². The number of methoxy groups -OCH3 is 1. The first-order chi connectivity index (χ1) is 12.3. The number of ether oxygens (including phenoxy) is 2. The number of likely N-dealkylation sites (N-methyl/N-ethyl adjacent to an activating group) is 1. The summed E-state index contributed by atoms with van der Waals surface area (Å²) in [7, 11) is 2.91. The quantitative estimate of drug-likeness (QED) is 0.446. The molecule has 2 amide bonds. The number of alkyl carbamates (subject to hydrolysis) is 1. The number of amides is 2. The van der Waals surface area contributed by atoms with Gasteiger partial charge < -0.3 is 19.7 Å². The molecule has 26 heavy (non-hydrogen) atoms. The van der Waals surface area contributed by atoms with Crippen LogP contribution in [0, 0.1) is 11.8 Å². The van der Waals surface area contributed by atoms with Crippen molar-refractivity contribution in [3.05, 3.63) is 0 Å². The number of hydrogen-bond donors (Lipinski definition) is 1. The van der Waals surface area contributed by atoms with Crippen molar-refractivity contribution < 1.29 is 23.9 Å². The van der Waals surface area contributed by atoms with Crippen molar-refractivity contribution in [2.24, 2.45) is 11.8 Å². The fourth-order valence-electron chi connectivity index (χ4n) is 2.80. The van der Waals surface area contributed by atoms with Gasteiger partial charge in [0.25, 0.3) is 0 Å². The number of carbonyl (C=O) groups is 3. The van der Waals surface area contributed by atoms with E-state index < -0.39 is 24.1 Å². The molecule has 2 atom stereocenters. The Balaban J connectivity index is 2.77. The van der Waals surface area contributed by atoms with Crippen LogP contribution in [-0.4, -0.2) is 55.7 Å². The molecule has 1 N–H and O–H groups in total. The van der Waals surface area contributed by atoms with Gasteiger partial charge in [-0.15, -0.1) is 0 Å². The molecule has 0 spiro atoms. The second-order valence-corrected chi connectivity index (χ2v) is 7.48. The van der Waals surface area contributed by atoms with Gasteiger partial charge in [0.1, 0.15) is 12.1 Å². The molecule has 0 radical (unpaired) electrons. The van der Waals surface area contributed by atoms with Crippen LogP contribution in [0.3, 0.4) is 0 Å². The Hall–Kier alpha value is -1.79. The van der Waals surface area contributed by atoms with Crippen LogP contribution in [0.15, 0.2) is 0 Å². The average Bonchev–Trinajstić information content (AvgIpc) is 3.41. The highest BCUT2D eigenvalue weighted by molar-refractivity contribution is 5.89. The lowest BCUT2D eigenvalue weighted by Gasteiger charge is -2.30. The smallest absolute Gasteiger partial charge is 0.407 e. The van der Waals surface area contributed by atoms with Crippen LogP contribution in [0.1, 0.15) is 59.3 Å². The fourth-order valence-corrected chi connectivity index (χ4v) is 2.80. The first-order valence-corrected chi connectivity index (χ1v) is 9.57. The molecule has 150 valence electrons. The molecular formula is C19H34N2O5. The van der Waals surface area contributed by atoms with Crippen molar-refractivity contribution in [3.63, 3.8) is 0 Å². The van der Waals surface area contributed by atoms with Gasteiger partial charge in [0.2, 0.25) is 5.91 Å². The summed E-state index contributed by atoms with van der Waals surface area (Å²) in [5.41, 5.74) is 0. The molecule has 1 aliphatic rings. The molecule has 0 aromatic carbocycles. The van der Waals surface area contributed by atoms with Crippen LogP contribution >= 0.6 is 0 Å². The highest BCUT2D eigenvalue weighted by atomic mass is 16.5. The molecule has 0 aliphatic heterocycles. The average molecular weight is 370 g/mol. The summed E-state index contributed by atoms with van der Waals surface area (Å²) in [5, 5.41) is 2.69. The lowest BCUT2D eigenvalue weighted by molar-refractivity contribution is -0.153. The standard InChI is InChI=1S/C19H34N2O5/c1-6-7-10-26-19(24)20-15(12-14-8-9-14)17(22)21(4)16(11-13(2)3)18(23)25-5/h13-16H,6-12H2,1-5H3,(H,20,24)/t15-,16-/m0/s1. The second-order valence-electron chi connectivity index (χ2n) is 7.48. The third-order valence-electron chi connectivity index (χ3n) is 4.57. The van der Waals surface area contributed by atoms with E-state index in [1.165, 1.54) is 12.0 Å². The highest BCUT2D eigenvalue weighted by Crippen LogP contribution is 2.34. The Morgan fingerprint density at radius 2 is 1.88 bits per heavy atom. The monoisotopic (exact) mass is 370 g/mol. The molecule has 1 aliphatic carbocycles. The lowest BCUT2D eigenvalue weighted by atomic mass is 10.0. The van der Waals surface area contributed by atoms with Gasteiger partial charge in [-0.05, 0) is 31.1 Å². The number of carbonyl (C=O) groups excluding carboxylic acids is 3. The van der Waals surface area contributed by atoms with E-state index in [9.17, 15) is 14.4 Å². The van der Waals surface area contributed by atoms with Crippen LogP contribution in [0.5, 0.6) is 0 Å². The predicted molar refractivity (Wildman–Crippen MR) is 98.5 cm³/mol. The molecule has 0 aromatic rings. The number of hydrogen-bond acceptors (Lipinski definition) is 5. The van der Waals surface area contributed by atoms with E-state index in [0.717, 1.165) is 25.7 Å². The Morgan fingerprint density at radius 3 is 2.38 bits per heavy atom. The summed E-state index contributed by atoms with van der Waals surface area (Å²) < 4.78 is 9.99. The number of esters is 1. The first kappa shape index (κ1) is 22.3. The zero-order valence-corrected chi connectivity index (χ0v) is 16.7. The number of nitrogens with one attached hydrogen (secondary N) is 1. The van der Waals surface area contributed by atoms with E-state index in [4.69, 9.17) is 9.47 Å². The molecule has 0 aromatic heterocycles. The zero-order chi connectivity index (χ0) is 19.7. The first-order valence-electron chi connectivity index (χ1n) is 9.57. The largest absolute Gasteiger partial charge is 0.467 e. The summed E-state index contributed by atoms with van der Waals surface area (Å²) in [6.07, 6.45) is 4.33. The lowest BCUT2D eigenvalue weighted by Crippen LogP contribution is -2.53. The van der Waals surface area contributed by atoms with E-state index in [-0.39, 0.29) is 11.8 Å². The van der Waals surface area contributed by atoms with Crippen molar-refractivity contribution in [1.82, 2.24) is 10.2 Å². The van der Waals surface area contributed by atoms with Crippen LogP contribution in [0.2, 0.25) is 0 Å². The predicted octanol–water partition coefficient (Wildman–Crippen LogP) is 2.73. The van der Waals surface area contributed by atoms with Gasteiger partial charge >= 0.3 is 12.1 Å². The normalized spacial score (nSPS) is 15.9. The van der Waals surface area contributed by atoms with E-state index in [1.807, 2.05) is 20.8 Å². The summed E-state index contributed by atoms with van der Waals surface area (Å²) in [6, 6.07) is -1.34. The minimum atomic E-state index is -0.680. The van der Waals surface area contributed by atoms with Crippen LogP contribution in [0.4, 0.5) is 4.79 Å². The third kappa shape index (κ3) is 7.62. The van der Waals surface area contributed by atoms with Gasteiger partial charge in [0.15, 0.2) is 0 Å². The third-order valence-corrected chi connectivity index (χ3v) is 4.57. The molecule has 1 saturated carbocycles. The van der Waals surface area contributed by atoms with Gasteiger partial charge in [-0.2, -0.15) is 0 Å². The van der Waals surface area contributed by atoms with Crippen molar-refractivity contribution in [2.45, 2.75) is 71.4 Å². The van der Waals surface area contributed by atoms with Crippen LogP contribution in [0.25, 0.3) is 0 Å². The summed E-state index contributed by atoms with van der Waals surface area (Å²) in [6.45, 7) is 6.32. The second kappa shape index (κ2) is 11.0. The van der Waals surface area contributed by atoms with Crippen LogP contribution < -0.4 is 5.32 Å². The molecule has 0 bridgehead atoms. The minimum absolute atomic E-state index is 0.225. The molecule has 1 rings (SSSR count). The van der Waals surface area contributed by atoms with Gasteiger partial charge in [-0.25, -0.2) is 9.59 Å². The summed E-state index contributed by atoms with van der Waals surface area (Å²) >= 11 is 0. The molecule has 0 saturated heterocycles. The van der Waals surface area contributed by atoms with Crippen molar-refractivity contribution in [2.75, 3.05) is 20.8 Å². The maximum Gasteiger partial charge on any atom is 0.407 e. The molecule has 0 unspecified atom stereocenters. The van der Waals surface area contributed by atoms with E-state index in [0.29, 0.717) is 25.4 Å². The Labute approximate surface area is 156 Å². The zero-order valence-electron chi connectivity index (χ0n) is 16.7. The molecular weight excluding hydrogens is 336 g/mol. The van der Waals surface area contributed by atoms with Crippen LogP contribution in [-0.2, 0) is 19.1 Å². The summed E-state index contributed by atoms with van der Waals surface area (Å²) in [4.78, 5) is 38.5. The molecule has 1 fully saturated rings. The van der Waals surface area contributed by atoms with Gasteiger partial charge in [-0.3, -0.25) is 4.79 Å². The van der Waals surface area contributed by atoms with Gasteiger partial charge in [0.05, 0.1) is 13.7 Å². The Morgan fingerprint density at radius 1 is 1.23 bits per heavy atom. The molecule has 7 heteroatoms. The summed E-state index contributed by atoms with van der Waals surface area (Å²) in [5.74, 6) is -0.0520. The maximum atomic E-state index is 13.0. The number of nitrogens with zero attached hydrogens (tertiary/aromatic N) is 1. The van der Waals surface area contributed by atoms with E-state index in [2.05, 4.69) is 5.32 Å². The highest BCUT2D eigenvalue weighted by Gasteiger charge is 2.36. The van der Waals surface area contributed by atoms with Gasteiger partial charge in [-0.1, -0.05) is 40.0 Å².